The molecule has 3 N–H and O–H groups in total. The summed E-state index contributed by atoms with van der Waals surface area (Å²) in [5.41, 5.74) is 8.10. The second-order valence-electron chi connectivity index (χ2n) is 6.14. The smallest absolute Gasteiger partial charge is 0.243 e. The van der Waals surface area contributed by atoms with Crippen molar-refractivity contribution in [3.8, 4) is 0 Å². The van der Waals surface area contributed by atoms with Crippen LogP contribution in [0.1, 0.15) is 11.1 Å². The Labute approximate surface area is 161 Å². The van der Waals surface area contributed by atoms with Gasteiger partial charge in [0.2, 0.25) is 15.9 Å². The van der Waals surface area contributed by atoms with E-state index < -0.39 is 22.0 Å². The molecular weight excluding hydrogens is 397 g/mol. The van der Waals surface area contributed by atoms with Gasteiger partial charge in [0.1, 0.15) is 6.04 Å². The molecule has 3 rings (SSSR count). The van der Waals surface area contributed by atoms with E-state index in [1.165, 1.54) is 16.4 Å². The van der Waals surface area contributed by atoms with Crippen LogP contribution in [0, 0.1) is 0 Å². The molecule has 0 aliphatic carbocycles. The first-order valence-electron chi connectivity index (χ1n) is 7.76. The van der Waals surface area contributed by atoms with E-state index >= 15 is 0 Å². The van der Waals surface area contributed by atoms with Crippen LogP contribution in [-0.4, -0.2) is 30.9 Å². The summed E-state index contributed by atoms with van der Waals surface area (Å²) in [5, 5.41) is 3.10. The first-order valence-corrected chi connectivity index (χ1v) is 10.4. The number of sulfonamides is 1. The summed E-state index contributed by atoms with van der Waals surface area (Å²) in [4.78, 5) is 12.8. The molecule has 26 heavy (non-hydrogen) atoms. The molecule has 6 nitrogen and oxygen atoms in total. The number of rotatable bonds is 3. The standard InChI is InChI=1S/C17H17Cl2N3O3S/c1-26(24,25)22-9-11-5-3-2-4-10(11)6-15(22)17(23)21-12-7-13(18)16(20)14(19)8-12/h2-5,7-8,15H,6,9,20H2,1H3,(H,21,23)/t15-/m1/s1. The van der Waals surface area contributed by atoms with Crippen LogP contribution in [0.3, 0.4) is 0 Å². The maximum Gasteiger partial charge on any atom is 0.243 e. The Morgan fingerprint density at radius 3 is 2.35 bits per heavy atom. The highest BCUT2D eigenvalue weighted by Gasteiger charge is 2.36. The maximum atomic E-state index is 12.8. The number of benzene rings is 2. The second-order valence-corrected chi connectivity index (χ2v) is 8.89. The maximum absolute atomic E-state index is 12.8. The summed E-state index contributed by atoms with van der Waals surface area (Å²) in [6.07, 6.45) is 1.38. The van der Waals surface area contributed by atoms with Gasteiger partial charge in [-0.3, -0.25) is 4.79 Å². The molecule has 1 heterocycles. The highest BCUT2D eigenvalue weighted by atomic mass is 35.5. The van der Waals surface area contributed by atoms with Gasteiger partial charge < -0.3 is 11.1 Å². The summed E-state index contributed by atoms with van der Waals surface area (Å²) < 4.78 is 25.6. The molecule has 138 valence electrons. The Morgan fingerprint density at radius 2 is 1.77 bits per heavy atom. The van der Waals surface area contributed by atoms with Crippen molar-refractivity contribution < 1.29 is 13.2 Å². The number of carbonyl (C=O) groups is 1. The van der Waals surface area contributed by atoms with Gasteiger partial charge in [0, 0.05) is 12.2 Å². The van der Waals surface area contributed by atoms with Gasteiger partial charge in [-0.1, -0.05) is 47.5 Å². The van der Waals surface area contributed by atoms with Crippen LogP contribution in [0.15, 0.2) is 36.4 Å². The third kappa shape index (κ3) is 3.81. The van der Waals surface area contributed by atoms with Crippen molar-refractivity contribution >= 4 is 50.5 Å². The van der Waals surface area contributed by atoms with E-state index in [1.807, 2.05) is 24.3 Å². The number of halogens is 2. The van der Waals surface area contributed by atoms with Gasteiger partial charge in [-0.05, 0) is 29.7 Å². The van der Waals surface area contributed by atoms with Crippen LogP contribution in [0.4, 0.5) is 11.4 Å². The molecule has 2 aromatic carbocycles. The normalized spacial score (nSPS) is 17.6. The minimum absolute atomic E-state index is 0.149. The molecule has 0 radical (unpaired) electrons. The quantitative estimate of drug-likeness (QED) is 0.756. The van der Waals surface area contributed by atoms with Crippen molar-refractivity contribution in [2.24, 2.45) is 0 Å². The van der Waals surface area contributed by atoms with Crippen molar-refractivity contribution in [3.05, 3.63) is 57.6 Å². The van der Waals surface area contributed by atoms with Gasteiger partial charge in [-0.2, -0.15) is 4.31 Å². The van der Waals surface area contributed by atoms with E-state index in [4.69, 9.17) is 28.9 Å². The average molecular weight is 414 g/mol. The van der Waals surface area contributed by atoms with E-state index in [2.05, 4.69) is 5.32 Å². The van der Waals surface area contributed by atoms with Gasteiger partial charge >= 0.3 is 0 Å². The van der Waals surface area contributed by atoms with Crippen LogP contribution in [0.5, 0.6) is 0 Å². The minimum Gasteiger partial charge on any atom is -0.396 e. The molecule has 0 bridgehead atoms. The van der Waals surface area contributed by atoms with Crippen LogP contribution in [0.2, 0.25) is 10.0 Å². The van der Waals surface area contributed by atoms with Crippen LogP contribution >= 0.6 is 23.2 Å². The first kappa shape index (κ1) is 19.0. The van der Waals surface area contributed by atoms with Crippen LogP contribution < -0.4 is 11.1 Å². The number of carbonyl (C=O) groups excluding carboxylic acids is 1. The van der Waals surface area contributed by atoms with E-state index in [9.17, 15) is 13.2 Å². The lowest BCUT2D eigenvalue weighted by molar-refractivity contribution is -0.120. The number of fused-ring (bicyclic) bond motifs is 1. The van der Waals surface area contributed by atoms with Gasteiger partial charge in [0.25, 0.3) is 0 Å². The molecule has 0 aromatic heterocycles. The van der Waals surface area contributed by atoms with E-state index in [-0.39, 0.29) is 28.7 Å². The molecule has 1 atom stereocenters. The van der Waals surface area contributed by atoms with Gasteiger partial charge in [0.05, 0.1) is 22.0 Å². The van der Waals surface area contributed by atoms with E-state index in [0.29, 0.717) is 5.69 Å². The van der Waals surface area contributed by atoms with Crippen molar-refractivity contribution in [3.63, 3.8) is 0 Å². The fraction of sp³-hybridized carbons (Fsp3) is 0.235. The third-order valence-corrected chi connectivity index (χ3v) is 6.14. The first-order chi connectivity index (χ1) is 12.2. The summed E-state index contributed by atoms with van der Waals surface area (Å²) in [7, 11) is -3.58. The SMILES string of the molecule is CS(=O)(=O)N1Cc2ccccc2C[C@@H]1C(=O)Nc1cc(Cl)c(N)c(Cl)c1. The third-order valence-electron chi connectivity index (χ3n) is 4.28. The minimum atomic E-state index is -3.58. The fourth-order valence-corrected chi connectivity index (χ4v) is 4.45. The Bertz CT molecular complexity index is 956. The lowest BCUT2D eigenvalue weighted by Gasteiger charge is -2.34. The lowest BCUT2D eigenvalue weighted by Crippen LogP contribution is -2.50. The number of amides is 1. The summed E-state index contributed by atoms with van der Waals surface area (Å²) in [5.74, 6) is -0.457. The Kier molecular flexibility index (Phi) is 5.16. The average Bonchev–Trinajstić information content (AvgIpc) is 2.57. The topological polar surface area (TPSA) is 92.5 Å². The zero-order valence-electron chi connectivity index (χ0n) is 13.9. The molecule has 0 spiro atoms. The number of nitrogen functional groups attached to an aromatic ring is 1. The Balaban J connectivity index is 1.91. The van der Waals surface area contributed by atoms with Gasteiger partial charge in [-0.15, -0.1) is 0 Å². The number of nitrogens with two attached hydrogens (primary N) is 1. The molecule has 1 amide bonds. The highest BCUT2D eigenvalue weighted by molar-refractivity contribution is 7.88. The van der Waals surface area contributed by atoms with Gasteiger partial charge in [-0.25, -0.2) is 8.42 Å². The molecule has 0 unspecified atom stereocenters. The van der Waals surface area contributed by atoms with Crippen molar-refractivity contribution in [1.29, 1.82) is 0 Å². The monoisotopic (exact) mass is 413 g/mol. The van der Waals surface area contributed by atoms with Crippen LogP contribution in [-0.2, 0) is 27.8 Å². The summed E-state index contributed by atoms with van der Waals surface area (Å²) in [6.45, 7) is 0.149. The summed E-state index contributed by atoms with van der Waals surface area (Å²) in [6, 6.07) is 9.55. The zero-order valence-corrected chi connectivity index (χ0v) is 16.2. The van der Waals surface area contributed by atoms with Crippen molar-refractivity contribution in [1.82, 2.24) is 4.31 Å². The number of nitrogens with one attached hydrogen (secondary N) is 1. The van der Waals surface area contributed by atoms with Crippen LogP contribution in [0.25, 0.3) is 0 Å². The largest absolute Gasteiger partial charge is 0.396 e. The molecule has 1 aliphatic heterocycles. The lowest BCUT2D eigenvalue weighted by atomic mass is 9.95. The molecule has 1 aliphatic rings. The Hall–Kier alpha value is -1.80. The highest BCUT2D eigenvalue weighted by Crippen LogP contribution is 2.32. The molecule has 0 saturated carbocycles. The Morgan fingerprint density at radius 1 is 1.19 bits per heavy atom. The molecule has 0 fully saturated rings. The molecule has 2 aromatic rings. The number of hydrogen-bond acceptors (Lipinski definition) is 4. The predicted molar refractivity (Wildman–Crippen MR) is 104 cm³/mol. The molecule has 0 saturated heterocycles. The number of hydrogen-bond donors (Lipinski definition) is 2. The molecule has 9 heteroatoms. The fourth-order valence-electron chi connectivity index (χ4n) is 2.95. The van der Waals surface area contributed by atoms with E-state index in [1.54, 1.807) is 0 Å². The van der Waals surface area contributed by atoms with Crippen molar-refractivity contribution in [2.75, 3.05) is 17.3 Å². The number of anilines is 2. The number of nitrogens with zero attached hydrogens (tertiary/aromatic N) is 1. The van der Waals surface area contributed by atoms with E-state index in [0.717, 1.165) is 17.4 Å². The van der Waals surface area contributed by atoms with Crippen molar-refractivity contribution in [2.45, 2.75) is 19.0 Å². The summed E-state index contributed by atoms with van der Waals surface area (Å²) >= 11 is 12.0. The van der Waals surface area contributed by atoms with Gasteiger partial charge in [0.15, 0.2) is 0 Å². The second kappa shape index (κ2) is 7.08. The zero-order chi connectivity index (χ0) is 19.1. The predicted octanol–water partition coefficient (Wildman–Crippen LogP) is 2.90. The molecular formula is C17H17Cl2N3O3S.